The van der Waals surface area contributed by atoms with Gasteiger partial charge in [0, 0.05) is 36.1 Å². The minimum atomic E-state index is -0.165. The SMILES string of the molecule is CC1CSCCN1C(=O)CC1(N)CCC1. The molecule has 1 aliphatic heterocycles. The van der Waals surface area contributed by atoms with Crippen LogP contribution in [0.3, 0.4) is 0 Å². The van der Waals surface area contributed by atoms with Gasteiger partial charge in [-0.25, -0.2) is 0 Å². The molecule has 1 heterocycles. The van der Waals surface area contributed by atoms with Crippen LogP contribution in [-0.4, -0.2) is 40.4 Å². The monoisotopic (exact) mass is 228 g/mol. The lowest BCUT2D eigenvalue weighted by molar-refractivity contribution is -0.134. The maximum atomic E-state index is 12.1. The van der Waals surface area contributed by atoms with Gasteiger partial charge in [-0.05, 0) is 26.2 Å². The van der Waals surface area contributed by atoms with Crippen LogP contribution in [0.1, 0.15) is 32.6 Å². The largest absolute Gasteiger partial charge is 0.338 e. The Morgan fingerprint density at radius 3 is 2.87 bits per heavy atom. The van der Waals surface area contributed by atoms with Gasteiger partial charge in [-0.15, -0.1) is 0 Å². The van der Waals surface area contributed by atoms with Gasteiger partial charge < -0.3 is 10.6 Å². The second kappa shape index (κ2) is 4.34. The van der Waals surface area contributed by atoms with E-state index in [0.717, 1.165) is 30.9 Å². The molecule has 0 aromatic rings. The van der Waals surface area contributed by atoms with Gasteiger partial charge in [0.1, 0.15) is 0 Å². The van der Waals surface area contributed by atoms with E-state index in [0.29, 0.717) is 12.5 Å². The molecular weight excluding hydrogens is 208 g/mol. The summed E-state index contributed by atoms with van der Waals surface area (Å²) < 4.78 is 0. The lowest BCUT2D eigenvalue weighted by Crippen LogP contribution is -2.53. The quantitative estimate of drug-likeness (QED) is 0.773. The number of hydrogen-bond acceptors (Lipinski definition) is 3. The number of nitrogens with two attached hydrogens (primary N) is 1. The van der Waals surface area contributed by atoms with Crippen LogP contribution in [0.15, 0.2) is 0 Å². The highest BCUT2D eigenvalue weighted by Gasteiger charge is 2.37. The molecule has 3 nitrogen and oxygen atoms in total. The van der Waals surface area contributed by atoms with Gasteiger partial charge >= 0.3 is 0 Å². The Kier molecular flexibility index (Phi) is 3.26. The van der Waals surface area contributed by atoms with Crippen LogP contribution in [-0.2, 0) is 4.79 Å². The molecule has 0 bridgehead atoms. The first-order valence-corrected chi connectivity index (χ1v) is 6.92. The Balaban J connectivity index is 1.89. The van der Waals surface area contributed by atoms with Crippen molar-refractivity contribution >= 4 is 17.7 Å². The third-order valence-corrected chi connectivity index (χ3v) is 4.73. The van der Waals surface area contributed by atoms with Crippen LogP contribution in [0.4, 0.5) is 0 Å². The fourth-order valence-electron chi connectivity index (χ4n) is 2.31. The summed E-state index contributed by atoms with van der Waals surface area (Å²) in [4.78, 5) is 14.1. The number of carbonyl (C=O) groups excluding carboxylic acids is 1. The topological polar surface area (TPSA) is 46.3 Å². The van der Waals surface area contributed by atoms with Gasteiger partial charge in [-0.2, -0.15) is 11.8 Å². The summed E-state index contributed by atoms with van der Waals surface area (Å²) in [5.74, 6) is 2.42. The fraction of sp³-hybridized carbons (Fsp3) is 0.909. The number of hydrogen-bond donors (Lipinski definition) is 1. The molecule has 1 amide bonds. The average Bonchev–Trinajstić information content (AvgIpc) is 2.16. The van der Waals surface area contributed by atoms with Crippen LogP contribution in [0, 0.1) is 0 Å². The summed E-state index contributed by atoms with van der Waals surface area (Å²) in [6.45, 7) is 3.04. The minimum absolute atomic E-state index is 0.165. The van der Waals surface area contributed by atoms with Crippen molar-refractivity contribution in [3.8, 4) is 0 Å². The van der Waals surface area contributed by atoms with Crippen molar-refractivity contribution in [3.05, 3.63) is 0 Å². The van der Waals surface area contributed by atoms with Crippen LogP contribution in [0.25, 0.3) is 0 Å². The third-order valence-electron chi connectivity index (χ3n) is 3.54. The predicted octanol–water partition coefficient (Wildman–Crippen LogP) is 1.22. The van der Waals surface area contributed by atoms with E-state index in [4.69, 9.17) is 5.73 Å². The van der Waals surface area contributed by atoms with E-state index in [2.05, 4.69) is 6.92 Å². The molecule has 2 aliphatic rings. The van der Waals surface area contributed by atoms with E-state index in [1.807, 2.05) is 16.7 Å². The normalized spacial score (nSPS) is 29.7. The zero-order chi connectivity index (χ0) is 10.9. The molecule has 2 rings (SSSR count). The molecule has 2 fully saturated rings. The van der Waals surface area contributed by atoms with Crippen molar-refractivity contribution in [2.75, 3.05) is 18.1 Å². The van der Waals surface area contributed by atoms with Crippen LogP contribution >= 0.6 is 11.8 Å². The molecular formula is C11H20N2OS. The molecule has 0 aromatic heterocycles. The van der Waals surface area contributed by atoms with Crippen LogP contribution < -0.4 is 5.73 Å². The number of amides is 1. The first kappa shape index (κ1) is 11.3. The fourth-order valence-corrected chi connectivity index (χ4v) is 3.32. The Hall–Kier alpha value is -0.220. The van der Waals surface area contributed by atoms with E-state index in [1.54, 1.807) is 0 Å². The predicted molar refractivity (Wildman–Crippen MR) is 63.9 cm³/mol. The highest BCUT2D eigenvalue weighted by molar-refractivity contribution is 7.99. The zero-order valence-corrected chi connectivity index (χ0v) is 10.2. The van der Waals surface area contributed by atoms with Crippen molar-refractivity contribution in [3.63, 3.8) is 0 Å². The number of thioether (sulfide) groups is 1. The highest BCUT2D eigenvalue weighted by Crippen LogP contribution is 2.33. The average molecular weight is 228 g/mol. The summed E-state index contributed by atoms with van der Waals surface area (Å²) in [5.41, 5.74) is 5.94. The molecule has 0 spiro atoms. The molecule has 4 heteroatoms. The summed E-state index contributed by atoms with van der Waals surface area (Å²) in [5, 5.41) is 0. The van der Waals surface area contributed by atoms with Gasteiger partial charge in [0.25, 0.3) is 0 Å². The maximum Gasteiger partial charge on any atom is 0.224 e. The molecule has 1 saturated heterocycles. The number of rotatable bonds is 2. The van der Waals surface area contributed by atoms with Gasteiger partial charge in [0.2, 0.25) is 5.91 Å². The first-order chi connectivity index (χ1) is 7.11. The molecule has 1 atom stereocenters. The zero-order valence-electron chi connectivity index (χ0n) is 9.37. The lowest BCUT2D eigenvalue weighted by Gasteiger charge is -2.41. The van der Waals surface area contributed by atoms with Gasteiger partial charge in [-0.1, -0.05) is 0 Å². The van der Waals surface area contributed by atoms with Gasteiger partial charge in [-0.3, -0.25) is 4.79 Å². The molecule has 2 N–H and O–H groups in total. The Labute approximate surface area is 95.8 Å². The molecule has 86 valence electrons. The smallest absolute Gasteiger partial charge is 0.224 e. The molecule has 1 unspecified atom stereocenters. The minimum Gasteiger partial charge on any atom is -0.338 e. The third kappa shape index (κ3) is 2.48. The van der Waals surface area contributed by atoms with E-state index in [-0.39, 0.29) is 11.4 Å². The standard InChI is InChI=1S/C11H20N2OS/c1-9-8-15-6-5-13(9)10(14)7-11(12)3-2-4-11/h9H,2-8,12H2,1H3. The van der Waals surface area contributed by atoms with Gasteiger partial charge in [0.05, 0.1) is 0 Å². The summed E-state index contributed by atoms with van der Waals surface area (Å²) in [6.07, 6.45) is 3.79. The Morgan fingerprint density at radius 2 is 2.33 bits per heavy atom. The van der Waals surface area contributed by atoms with Crippen molar-refractivity contribution in [2.45, 2.75) is 44.2 Å². The lowest BCUT2D eigenvalue weighted by atomic mass is 9.75. The molecule has 1 aliphatic carbocycles. The molecule has 0 aromatic carbocycles. The Bertz CT molecular complexity index is 253. The first-order valence-electron chi connectivity index (χ1n) is 5.77. The van der Waals surface area contributed by atoms with Crippen molar-refractivity contribution in [2.24, 2.45) is 5.73 Å². The van der Waals surface area contributed by atoms with Crippen molar-refractivity contribution in [1.82, 2.24) is 4.90 Å². The van der Waals surface area contributed by atoms with Crippen LogP contribution in [0.5, 0.6) is 0 Å². The summed E-state index contributed by atoms with van der Waals surface area (Å²) >= 11 is 1.94. The molecule has 1 saturated carbocycles. The second-order valence-electron chi connectivity index (χ2n) is 4.90. The molecule has 15 heavy (non-hydrogen) atoms. The highest BCUT2D eigenvalue weighted by atomic mass is 32.2. The van der Waals surface area contributed by atoms with Crippen molar-refractivity contribution < 1.29 is 4.79 Å². The van der Waals surface area contributed by atoms with E-state index >= 15 is 0 Å². The number of carbonyl (C=O) groups is 1. The van der Waals surface area contributed by atoms with E-state index < -0.39 is 0 Å². The Morgan fingerprint density at radius 1 is 1.60 bits per heavy atom. The van der Waals surface area contributed by atoms with Crippen LogP contribution in [0.2, 0.25) is 0 Å². The van der Waals surface area contributed by atoms with Crippen molar-refractivity contribution in [1.29, 1.82) is 0 Å². The van der Waals surface area contributed by atoms with E-state index in [9.17, 15) is 4.79 Å². The second-order valence-corrected chi connectivity index (χ2v) is 6.05. The molecule has 0 radical (unpaired) electrons. The van der Waals surface area contributed by atoms with E-state index in [1.165, 1.54) is 6.42 Å². The number of nitrogens with zero attached hydrogens (tertiary/aromatic N) is 1. The van der Waals surface area contributed by atoms with Gasteiger partial charge in [0.15, 0.2) is 0 Å². The summed E-state index contributed by atoms with van der Waals surface area (Å²) in [7, 11) is 0. The maximum absolute atomic E-state index is 12.1. The summed E-state index contributed by atoms with van der Waals surface area (Å²) in [6, 6.07) is 0.389.